The van der Waals surface area contributed by atoms with Crippen molar-refractivity contribution in [2.45, 2.75) is 24.8 Å². The van der Waals surface area contributed by atoms with E-state index in [2.05, 4.69) is 25.1 Å². The standard InChI is InChI=1S/C17H15ClF2N6O3S/c1-10-14(18)15(16(19)20)24-26(10)9-13(27)23-11-3-5-12(6-4-11)30(28,29)25-17-21-7-2-8-22-17/h2-8,16H,9H2,1H3,(H,23,27)(H,21,22,25). The fourth-order valence-electron chi connectivity index (χ4n) is 2.43. The molecule has 13 heteroatoms. The molecule has 0 atom stereocenters. The van der Waals surface area contributed by atoms with Gasteiger partial charge in [0.05, 0.1) is 15.6 Å². The van der Waals surface area contributed by atoms with Crippen molar-refractivity contribution >= 4 is 39.2 Å². The van der Waals surface area contributed by atoms with Gasteiger partial charge in [-0.15, -0.1) is 0 Å². The average Bonchev–Trinajstić information content (AvgIpc) is 2.97. The van der Waals surface area contributed by atoms with E-state index in [4.69, 9.17) is 11.6 Å². The van der Waals surface area contributed by atoms with Gasteiger partial charge in [-0.05, 0) is 37.3 Å². The van der Waals surface area contributed by atoms with Crippen LogP contribution in [0.2, 0.25) is 5.02 Å². The molecule has 2 heterocycles. The number of amides is 1. The van der Waals surface area contributed by atoms with Crippen LogP contribution in [-0.2, 0) is 21.4 Å². The van der Waals surface area contributed by atoms with Crippen molar-refractivity contribution < 1.29 is 22.0 Å². The highest BCUT2D eigenvalue weighted by Crippen LogP contribution is 2.28. The minimum atomic E-state index is -3.91. The highest BCUT2D eigenvalue weighted by Gasteiger charge is 2.21. The molecular formula is C17H15ClF2N6O3S. The molecule has 0 radical (unpaired) electrons. The van der Waals surface area contributed by atoms with Gasteiger partial charge < -0.3 is 5.32 Å². The normalized spacial score (nSPS) is 11.5. The molecule has 2 aromatic heterocycles. The van der Waals surface area contributed by atoms with Gasteiger partial charge in [0.15, 0.2) is 0 Å². The van der Waals surface area contributed by atoms with Crippen LogP contribution in [0.1, 0.15) is 17.8 Å². The summed E-state index contributed by atoms with van der Waals surface area (Å²) in [6.07, 6.45) is -0.0743. The zero-order chi connectivity index (χ0) is 21.9. The highest BCUT2D eigenvalue weighted by atomic mass is 35.5. The summed E-state index contributed by atoms with van der Waals surface area (Å²) in [6.45, 7) is 1.13. The molecule has 1 aromatic carbocycles. The van der Waals surface area contributed by atoms with Crippen molar-refractivity contribution in [1.29, 1.82) is 0 Å². The maximum Gasteiger partial charge on any atom is 0.283 e. The van der Waals surface area contributed by atoms with Crippen molar-refractivity contribution in [3.8, 4) is 0 Å². The summed E-state index contributed by atoms with van der Waals surface area (Å²) >= 11 is 5.80. The second kappa shape index (κ2) is 8.71. The predicted molar refractivity (Wildman–Crippen MR) is 105 cm³/mol. The maximum atomic E-state index is 12.9. The largest absolute Gasteiger partial charge is 0.324 e. The van der Waals surface area contributed by atoms with E-state index in [-0.39, 0.29) is 28.1 Å². The summed E-state index contributed by atoms with van der Waals surface area (Å²) in [4.78, 5) is 19.7. The summed E-state index contributed by atoms with van der Waals surface area (Å²) < 4.78 is 53.7. The van der Waals surface area contributed by atoms with Crippen LogP contribution in [0.3, 0.4) is 0 Å². The first kappa shape index (κ1) is 21.6. The smallest absolute Gasteiger partial charge is 0.283 e. The van der Waals surface area contributed by atoms with Gasteiger partial charge in [0.1, 0.15) is 12.2 Å². The third kappa shape index (κ3) is 4.89. The monoisotopic (exact) mass is 456 g/mol. The lowest BCUT2D eigenvalue weighted by Gasteiger charge is -2.09. The van der Waals surface area contributed by atoms with Crippen molar-refractivity contribution in [2.75, 3.05) is 10.0 Å². The number of hydrogen-bond donors (Lipinski definition) is 2. The number of benzene rings is 1. The molecule has 0 unspecified atom stereocenters. The Bertz CT molecular complexity index is 1150. The van der Waals surface area contributed by atoms with Gasteiger partial charge in [-0.1, -0.05) is 11.6 Å². The maximum absolute atomic E-state index is 12.9. The zero-order valence-corrected chi connectivity index (χ0v) is 17.0. The SMILES string of the molecule is Cc1c(Cl)c(C(F)F)nn1CC(=O)Nc1ccc(S(=O)(=O)Nc2ncccn2)cc1. The zero-order valence-electron chi connectivity index (χ0n) is 15.4. The molecule has 9 nitrogen and oxygen atoms in total. The number of aromatic nitrogens is 4. The predicted octanol–water partition coefficient (Wildman–Crippen LogP) is 3.01. The van der Waals surface area contributed by atoms with E-state index in [0.717, 1.165) is 4.68 Å². The number of rotatable bonds is 7. The average molecular weight is 457 g/mol. The first-order valence-electron chi connectivity index (χ1n) is 8.38. The van der Waals surface area contributed by atoms with Crippen molar-refractivity contribution in [3.63, 3.8) is 0 Å². The molecule has 2 N–H and O–H groups in total. The Morgan fingerprint density at radius 3 is 2.40 bits per heavy atom. The molecule has 0 saturated carbocycles. The van der Waals surface area contributed by atoms with Crippen LogP contribution >= 0.6 is 11.6 Å². The summed E-state index contributed by atoms with van der Waals surface area (Å²) in [7, 11) is -3.91. The Labute approximate surface area is 175 Å². The number of nitrogens with one attached hydrogen (secondary N) is 2. The molecule has 0 aliphatic rings. The Hall–Kier alpha value is -3.12. The number of sulfonamides is 1. The number of carbonyl (C=O) groups is 1. The second-order valence-electron chi connectivity index (χ2n) is 5.99. The molecule has 0 saturated heterocycles. The van der Waals surface area contributed by atoms with E-state index in [1.54, 1.807) is 6.07 Å². The highest BCUT2D eigenvalue weighted by molar-refractivity contribution is 7.92. The number of halogens is 3. The number of anilines is 2. The quantitative estimate of drug-likeness (QED) is 0.564. The molecule has 0 spiro atoms. The molecule has 3 aromatic rings. The van der Waals surface area contributed by atoms with E-state index in [0.29, 0.717) is 5.69 Å². The van der Waals surface area contributed by atoms with Gasteiger partial charge in [-0.25, -0.2) is 31.9 Å². The Kier molecular flexibility index (Phi) is 6.27. The van der Waals surface area contributed by atoms with Gasteiger partial charge in [0, 0.05) is 18.1 Å². The van der Waals surface area contributed by atoms with Crippen LogP contribution in [0.25, 0.3) is 0 Å². The number of nitrogens with zero attached hydrogens (tertiary/aromatic N) is 4. The Morgan fingerprint density at radius 1 is 1.20 bits per heavy atom. The Morgan fingerprint density at radius 2 is 1.83 bits per heavy atom. The van der Waals surface area contributed by atoms with Crippen LogP contribution < -0.4 is 10.0 Å². The lowest BCUT2D eigenvalue weighted by Crippen LogP contribution is -2.20. The van der Waals surface area contributed by atoms with Crippen molar-refractivity contribution in [3.05, 3.63) is 59.1 Å². The molecular weight excluding hydrogens is 442 g/mol. The molecule has 3 rings (SSSR count). The number of hydrogen-bond acceptors (Lipinski definition) is 6. The first-order valence-corrected chi connectivity index (χ1v) is 10.2. The van der Waals surface area contributed by atoms with Gasteiger partial charge in [0.25, 0.3) is 16.4 Å². The molecule has 0 fully saturated rings. The third-order valence-electron chi connectivity index (χ3n) is 3.90. The van der Waals surface area contributed by atoms with E-state index in [1.165, 1.54) is 43.6 Å². The summed E-state index contributed by atoms with van der Waals surface area (Å²) in [5, 5.41) is 5.99. The van der Waals surface area contributed by atoms with Crippen LogP contribution in [0.5, 0.6) is 0 Å². The molecule has 30 heavy (non-hydrogen) atoms. The molecule has 0 aliphatic heterocycles. The van der Waals surface area contributed by atoms with Gasteiger partial charge >= 0.3 is 0 Å². The Balaban J connectivity index is 1.67. The topological polar surface area (TPSA) is 119 Å². The van der Waals surface area contributed by atoms with E-state index in [1.807, 2.05) is 0 Å². The van der Waals surface area contributed by atoms with Gasteiger partial charge in [0.2, 0.25) is 11.9 Å². The molecule has 158 valence electrons. The lowest BCUT2D eigenvalue weighted by atomic mass is 10.3. The minimum absolute atomic E-state index is 0.0655. The molecule has 1 amide bonds. The van der Waals surface area contributed by atoms with Gasteiger partial charge in [-0.3, -0.25) is 9.48 Å². The summed E-state index contributed by atoms with van der Waals surface area (Å²) in [6, 6.07) is 6.87. The van der Waals surface area contributed by atoms with E-state index in [9.17, 15) is 22.0 Å². The molecule has 0 bridgehead atoms. The fourth-order valence-corrected chi connectivity index (χ4v) is 3.60. The third-order valence-corrected chi connectivity index (χ3v) is 5.71. The lowest BCUT2D eigenvalue weighted by molar-refractivity contribution is -0.117. The van der Waals surface area contributed by atoms with Crippen molar-refractivity contribution in [2.24, 2.45) is 0 Å². The number of carbonyl (C=O) groups excluding carboxylic acids is 1. The fraction of sp³-hybridized carbons (Fsp3) is 0.176. The van der Waals surface area contributed by atoms with Crippen molar-refractivity contribution in [1.82, 2.24) is 19.7 Å². The van der Waals surface area contributed by atoms with E-state index < -0.39 is 28.0 Å². The minimum Gasteiger partial charge on any atom is -0.324 e. The summed E-state index contributed by atoms with van der Waals surface area (Å²) in [5.74, 6) is -0.629. The van der Waals surface area contributed by atoms with Crippen LogP contribution in [0, 0.1) is 6.92 Å². The first-order chi connectivity index (χ1) is 14.2. The molecule has 0 aliphatic carbocycles. The van der Waals surface area contributed by atoms with E-state index >= 15 is 0 Å². The second-order valence-corrected chi connectivity index (χ2v) is 8.05. The number of alkyl halides is 2. The van der Waals surface area contributed by atoms with Crippen LogP contribution in [0.15, 0.2) is 47.6 Å². The van der Waals surface area contributed by atoms with Crippen LogP contribution in [-0.4, -0.2) is 34.1 Å². The van der Waals surface area contributed by atoms with Gasteiger partial charge in [-0.2, -0.15) is 5.10 Å². The summed E-state index contributed by atoms with van der Waals surface area (Å²) in [5.41, 5.74) is -0.0518. The van der Waals surface area contributed by atoms with Crippen LogP contribution in [0.4, 0.5) is 20.4 Å².